The van der Waals surface area contributed by atoms with E-state index in [0.717, 1.165) is 12.2 Å². The van der Waals surface area contributed by atoms with Crippen LogP contribution in [0.2, 0.25) is 0 Å². The summed E-state index contributed by atoms with van der Waals surface area (Å²) in [5.41, 5.74) is 2.43. The van der Waals surface area contributed by atoms with Gasteiger partial charge in [0.1, 0.15) is 5.75 Å². The van der Waals surface area contributed by atoms with Crippen LogP contribution in [0.4, 0.5) is 0 Å². The van der Waals surface area contributed by atoms with Crippen LogP contribution >= 0.6 is 0 Å². The van der Waals surface area contributed by atoms with Crippen molar-refractivity contribution in [2.24, 2.45) is 0 Å². The molecule has 2 aromatic rings. The molecule has 1 aromatic heterocycles. The number of carbonyl (C=O) groups excluding carboxylic acids is 1. The second-order valence-corrected chi connectivity index (χ2v) is 4.59. The Balaban J connectivity index is 1.81. The fourth-order valence-corrected chi connectivity index (χ4v) is 2.39. The number of hydrogen-bond acceptors (Lipinski definition) is 3. The number of ether oxygens (including phenoxy) is 1. The van der Waals surface area contributed by atoms with Crippen LogP contribution in [0.3, 0.4) is 0 Å². The SMILES string of the molecule is COc1ccc2c(c1)CCN(C(=O)c1ccco1)C2. The predicted molar refractivity (Wildman–Crippen MR) is 70.1 cm³/mol. The Labute approximate surface area is 111 Å². The van der Waals surface area contributed by atoms with Gasteiger partial charge in [-0.05, 0) is 41.8 Å². The van der Waals surface area contributed by atoms with Gasteiger partial charge < -0.3 is 14.1 Å². The minimum Gasteiger partial charge on any atom is -0.497 e. The molecule has 0 unspecified atom stereocenters. The molecule has 0 aliphatic carbocycles. The molecule has 0 saturated heterocycles. The summed E-state index contributed by atoms with van der Waals surface area (Å²) in [6.07, 6.45) is 2.37. The summed E-state index contributed by atoms with van der Waals surface area (Å²) in [7, 11) is 1.66. The predicted octanol–water partition coefficient (Wildman–Crippen LogP) is 2.49. The smallest absolute Gasteiger partial charge is 0.289 e. The average molecular weight is 257 g/mol. The number of methoxy groups -OCH3 is 1. The van der Waals surface area contributed by atoms with E-state index in [1.54, 1.807) is 19.2 Å². The van der Waals surface area contributed by atoms with E-state index < -0.39 is 0 Å². The third-order valence-corrected chi connectivity index (χ3v) is 3.44. The molecule has 0 saturated carbocycles. The molecule has 0 radical (unpaired) electrons. The lowest BCUT2D eigenvalue weighted by atomic mass is 9.99. The number of nitrogens with zero attached hydrogens (tertiary/aromatic N) is 1. The molecule has 0 atom stereocenters. The summed E-state index contributed by atoms with van der Waals surface area (Å²) >= 11 is 0. The van der Waals surface area contributed by atoms with Gasteiger partial charge in [0.05, 0.1) is 13.4 Å². The number of benzene rings is 1. The molecular weight excluding hydrogens is 242 g/mol. The Morgan fingerprint density at radius 3 is 2.95 bits per heavy atom. The molecule has 1 amide bonds. The van der Waals surface area contributed by atoms with E-state index in [4.69, 9.17) is 9.15 Å². The summed E-state index contributed by atoms with van der Waals surface area (Å²) < 4.78 is 10.4. The van der Waals surface area contributed by atoms with Crippen LogP contribution in [-0.4, -0.2) is 24.5 Å². The van der Waals surface area contributed by atoms with Crippen molar-refractivity contribution in [3.63, 3.8) is 0 Å². The van der Waals surface area contributed by atoms with Crippen LogP contribution in [0.15, 0.2) is 41.0 Å². The first-order valence-electron chi connectivity index (χ1n) is 6.26. The van der Waals surface area contributed by atoms with Crippen molar-refractivity contribution in [3.8, 4) is 5.75 Å². The molecule has 0 bridgehead atoms. The van der Waals surface area contributed by atoms with Crippen LogP contribution in [0.25, 0.3) is 0 Å². The molecular formula is C15H15NO3. The summed E-state index contributed by atoms with van der Waals surface area (Å²) in [5.74, 6) is 1.22. The maximum atomic E-state index is 12.2. The molecule has 4 heteroatoms. The molecule has 0 spiro atoms. The Kier molecular flexibility index (Phi) is 2.99. The van der Waals surface area contributed by atoms with Gasteiger partial charge in [0.25, 0.3) is 5.91 Å². The molecule has 0 N–H and O–H groups in total. The average Bonchev–Trinajstić information content (AvgIpc) is 2.99. The van der Waals surface area contributed by atoms with Crippen LogP contribution in [0.5, 0.6) is 5.75 Å². The van der Waals surface area contributed by atoms with E-state index in [1.807, 2.05) is 23.1 Å². The minimum absolute atomic E-state index is 0.0496. The highest BCUT2D eigenvalue weighted by atomic mass is 16.5. The van der Waals surface area contributed by atoms with Crippen LogP contribution in [-0.2, 0) is 13.0 Å². The molecule has 4 nitrogen and oxygen atoms in total. The third-order valence-electron chi connectivity index (χ3n) is 3.44. The van der Waals surface area contributed by atoms with Gasteiger partial charge in [-0.1, -0.05) is 6.07 Å². The normalized spacial score (nSPS) is 14.1. The van der Waals surface area contributed by atoms with Crippen molar-refractivity contribution in [3.05, 3.63) is 53.5 Å². The van der Waals surface area contributed by atoms with Gasteiger partial charge in [0.15, 0.2) is 5.76 Å². The van der Waals surface area contributed by atoms with Gasteiger partial charge in [0, 0.05) is 13.1 Å². The maximum Gasteiger partial charge on any atom is 0.289 e. The van der Waals surface area contributed by atoms with E-state index in [1.165, 1.54) is 17.4 Å². The summed E-state index contributed by atoms with van der Waals surface area (Å²) in [5, 5.41) is 0. The highest BCUT2D eigenvalue weighted by Gasteiger charge is 2.23. The highest BCUT2D eigenvalue weighted by Crippen LogP contribution is 2.24. The molecule has 3 rings (SSSR count). The number of carbonyl (C=O) groups is 1. The fourth-order valence-electron chi connectivity index (χ4n) is 2.39. The summed E-state index contributed by atoms with van der Waals surface area (Å²) in [6.45, 7) is 1.33. The van der Waals surface area contributed by atoms with Gasteiger partial charge >= 0.3 is 0 Å². The van der Waals surface area contributed by atoms with E-state index in [-0.39, 0.29) is 5.91 Å². The molecule has 19 heavy (non-hydrogen) atoms. The first kappa shape index (κ1) is 11.8. The molecule has 1 aliphatic rings. The quantitative estimate of drug-likeness (QED) is 0.830. The van der Waals surface area contributed by atoms with Crippen molar-refractivity contribution >= 4 is 5.91 Å². The molecule has 1 aliphatic heterocycles. The van der Waals surface area contributed by atoms with E-state index in [0.29, 0.717) is 18.8 Å². The lowest BCUT2D eigenvalue weighted by molar-refractivity contribution is 0.0702. The van der Waals surface area contributed by atoms with E-state index >= 15 is 0 Å². The number of fused-ring (bicyclic) bond motifs is 1. The van der Waals surface area contributed by atoms with Crippen molar-refractivity contribution in [1.29, 1.82) is 0 Å². The van der Waals surface area contributed by atoms with Crippen LogP contribution in [0, 0.1) is 0 Å². The topological polar surface area (TPSA) is 42.7 Å². The Morgan fingerprint density at radius 1 is 1.32 bits per heavy atom. The number of furan rings is 1. The first-order chi connectivity index (χ1) is 9.28. The molecule has 1 aromatic carbocycles. The van der Waals surface area contributed by atoms with Crippen LogP contribution < -0.4 is 4.74 Å². The molecule has 2 heterocycles. The van der Waals surface area contributed by atoms with Gasteiger partial charge in [-0.3, -0.25) is 4.79 Å². The lowest BCUT2D eigenvalue weighted by Crippen LogP contribution is -2.35. The van der Waals surface area contributed by atoms with Gasteiger partial charge in [0.2, 0.25) is 0 Å². The van der Waals surface area contributed by atoms with Crippen molar-refractivity contribution < 1.29 is 13.9 Å². The zero-order valence-corrected chi connectivity index (χ0v) is 10.8. The minimum atomic E-state index is -0.0496. The summed E-state index contributed by atoms with van der Waals surface area (Å²) in [6, 6.07) is 9.43. The lowest BCUT2D eigenvalue weighted by Gasteiger charge is -2.28. The number of rotatable bonds is 2. The second-order valence-electron chi connectivity index (χ2n) is 4.59. The van der Waals surface area contributed by atoms with E-state index in [2.05, 4.69) is 0 Å². The Bertz CT molecular complexity index is 589. The van der Waals surface area contributed by atoms with Gasteiger partial charge in [-0.15, -0.1) is 0 Å². The highest BCUT2D eigenvalue weighted by molar-refractivity contribution is 5.91. The largest absolute Gasteiger partial charge is 0.497 e. The van der Waals surface area contributed by atoms with Gasteiger partial charge in [-0.2, -0.15) is 0 Å². The van der Waals surface area contributed by atoms with Crippen molar-refractivity contribution in [2.75, 3.05) is 13.7 Å². The van der Waals surface area contributed by atoms with E-state index in [9.17, 15) is 4.79 Å². The molecule has 98 valence electrons. The monoisotopic (exact) mass is 257 g/mol. The second kappa shape index (κ2) is 4.80. The molecule has 0 fully saturated rings. The van der Waals surface area contributed by atoms with Crippen LogP contribution in [0.1, 0.15) is 21.7 Å². The van der Waals surface area contributed by atoms with Crippen molar-refractivity contribution in [2.45, 2.75) is 13.0 Å². The Morgan fingerprint density at radius 2 is 2.21 bits per heavy atom. The third kappa shape index (κ3) is 2.21. The number of hydrogen-bond donors (Lipinski definition) is 0. The fraction of sp³-hybridized carbons (Fsp3) is 0.267. The van der Waals surface area contributed by atoms with Crippen molar-refractivity contribution in [1.82, 2.24) is 4.90 Å². The standard InChI is InChI=1S/C15H15NO3/c1-18-13-5-4-12-10-16(7-6-11(12)9-13)15(17)14-3-2-8-19-14/h2-5,8-9H,6-7,10H2,1H3. The summed E-state index contributed by atoms with van der Waals surface area (Å²) in [4.78, 5) is 14.0. The zero-order chi connectivity index (χ0) is 13.2. The zero-order valence-electron chi connectivity index (χ0n) is 10.8. The first-order valence-corrected chi connectivity index (χ1v) is 6.26. The van der Waals surface area contributed by atoms with Gasteiger partial charge in [-0.25, -0.2) is 0 Å². The number of amides is 1. The Hall–Kier alpha value is -2.23. The maximum absolute atomic E-state index is 12.2.